The monoisotopic (exact) mass is 320 g/mol. The first kappa shape index (κ1) is 17.5. The van der Waals surface area contributed by atoms with Crippen LogP contribution >= 0.6 is 0 Å². The number of carbonyl (C=O) groups excluding carboxylic acids is 2. The first-order chi connectivity index (χ1) is 10.6. The van der Waals surface area contributed by atoms with Gasteiger partial charge in [-0.05, 0) is 45.3 Å². The van der Waals surface area contributed by atoms with Crippen molar-refractivity contribution < 1.29 is 28.4 Å². The van der Waals surface area contributed by atoms with Crippen LogP contribution in [-0.4, -0.2) is 37.4 Å². The Hall–Kier alpha value is -1.86. The highest BCUT2D eigenvalue weighted by Gasteiger charge is 2.51. The van der Waals surface area contributed by atoms with E-state index >= 15 is 0 Å². The van der Waals surface area contributed by atoms with Crippen LogP contribution in [0, 0.1) is 0 Å². The number of carbonyl (C=O) groups is 2. The quantitative estimate of drug-likeness (QED) is 0.479. The number of benzene rings is 1. The summed E-state index contributed by atoms with van der Waals surface area (Å²) in [6.07, 6.45) is 0. The molecule has 1 heterocycles. The summed E-state index contributed by atoms with van der Waals surface area (Å²) in [5.41, 5.74) is -0.142. The minimum atomic E-state index is -0.610. The van der Waals surface area contributed by atoms with E-state index in [1.807, 2.05) is 27.7 Å². The molecule has 1 aliphatic heterocycles. The predicted octanol–water partition coefficient (Wildman–Crippen LogP) is 1.70. The van der Waals surface area contributed by atoms with E-state index in [0.29, 0.717) is 5.46 Å². The van der Waals surface area contributed by atoms with Crippen LogP contribution in [-0.2, 0) is 18.8 Å². The summed E-state index contributed by atoms with van der Waals surface area (Å²) in [5.74, 6) is -0.987. The third kappa shape index (κ3) is 3.40. The Labute approximate surface area is 136 Å². The van der Waals surface area contributed by atoms with E-state index in [9.17, 15) is 9.59 Å². The van der Waals surface area contributed by atoms with Crippen molar-refractivity contribution in [2.45, 2.75) is 45.8 Å². The maximum absolute atomic E-state index is 11.8. The summed E-state index contributed by atoms with van der Waals surface area (Å²) in [6.45, 7) is 9.06. The van der Waals surface area contributed by atoms with Crippen LogP contribution in [0.1, 0.15) is 45.0 Å². The van der Waals surface area contributed by atoms with Crippen molar-refractivity contribution in [2.75, 3.05) is 7.11 Å². The Morgan fingerprint density at radius 3 is 2.13 bits per heavy atom. The highest BCUT2D eigenvalue weighted by Crippen LogP contribution is 2.36. The van der Waals surface area contributed by atoms with Crippen molar-refractivity contribution in [1.82, 2.24) is 0 Å². The summed E-state index contributed by atoms with van der Waals surface area (Å²) in [6, 6.07) is 4.79. The smallest absolute Gasteiger partial charge is 0.465 e. The number of ether oxygens (including phenoxy) is 2. The molecule has 1 aromatic carbocycles. The molecule has 1 saturated heterocycles. The second kappa shape index (κ2) is 5.98. The molecule has 124 valence electrons. The van der Waals surface area contributed by atoms with Crippen molar-refractivity contribution in [3.63, 3.8) is 0 Å². The van der Waals surface area contributed by atoms with Gasteiger partial charge in [0.2, 0.25) is 0 Å². The lowest BCUT2D eigenvalue weighted by molar-refractivity contribution is -0.131. The molecule has 0 saturated carbocycles. The molecule has 0 amide bonds. The standard InChI is InChI=1S/C16H21BO6/c1-10(18)21-13-9-11(7-8-12(13)14(19)20-6)17-22-15(2,3)16(4,5)23-17/h7-9H,1-6H3. The van der Waals surface area contributed by atoms with Crippen LogP contribution in [0.5, 0.6) is 5.75 Å². The topological polar surface area (TPSA) is 71.1 Å². The fourth-order valence-electron chi connectivity index (χ4n) is 2.18. The van der Waals surface area contributed by atoms with Crippen LogP contribution < -0.4 is 10.2 Å². The molecule has 0 aliphatic carbocycles. The second-order valence-corrected chi connectivity index (χ2v) is 6.43. The van der Waals surface area contributed by atoms with E-state index in [2.05, 4.69) is 0 Å². The average molecular weight is 320 g/mol. The number of rotatable bonds is 3. The first-order valence-corrected chi connectivity index (χ1v) is 7.34. The van der Waals surface area contributed by atoms with E-state index < -0.39 is 30.3 Å². The highest BCUT2D eigenvalue weighted by molar-refractivity contribution is 6.62. The van der Waals surface area contributed by atoms with E-state index in [-0.39, 0.29) is 11.3 Å². The molecule has 0 radical (unpaired) electrons. The van der Waals surface area contributed by atoms with Crippen LogP contribution in [0.4, 0.5) is 0 Å². The molecule has 7 heteroatoms. The Kier molecular flexibility index (Phi) is 4.55. The number of methoxy groups -OCH3 is 1. The largest absolute Gasteiger partial charge is 0.494 e. The summed E-state index contributed by atoms with van der Waals surface area (Å²) in [4.78, 5) is 23.1. The van der Waals surface area contributed by atoms with Crippen molar-refractivity contribution in [3.8, 4) is 5.75 Å². The Morgan fingerprint density at radius 1 is 1.09 bits per heavy atom. The summed E-state index contributed by atoms with van der Waals surface area (Å²) in [5, 5.41) is 0. The molecule has 23 heavy (non-hydrogen) atoms. The molecule has 2 rings (SSSR count). The molecule has 1 aromatic rings. The van der Waals surface area contributed by atoms with Crippen LogP contribution in [0.25, 0.3) is 0 Å². The Balaban J connectivity index is 2.38. The fourth-order valence-corrected chi connectivity index (χ4v) is 2.18. The third-order valence-electron chi connectivity index (χ3n) is 4.19. The van der Waals surface area contributed by atoms with Gasteiger partial charge in [0, 0.05) is 6.92 Å². The number of hydrogen-bond donors (Lipinski definition) is 0. The van der Waals surface area contributed by atoms with Crippen molar-refractivity contribution in [2.24, 2.45) is 0 Å². The third-order valence-corrected chi connectivity index (χ3v) is 4.19. The minimum absolute atomic E-state index is 0.122. The van der Waals surface area contributed by atoms with Crippen molar-refractivity contribution in [3.05, 3.63) is 23.8 Å². The van der Waals surface area contributed by atoms with Gasteiger partial charge in [-0.15, -0.1) is 0 Å². The number of esters is 2. The van der Waals surface area contributed by atoms with Crippen LogP contribution in [0.15, 0.2) is 18.2 Å². The van der Waals surface area contributed by atoms with E-state index in [1.54, 1.807) is 12.1 Å². The molecule has 0 unspecified atom stereocenters. The lowest BCUT2D eigenvalue weighted by atomic mass is 9.78. The van der Waals surface area contributed by atoms with E-state index in [1.165, 1.54) is 20.1 Å². The van der Waals surface area contributed by atoms with Crippen molar-refractivity contribution >= 4 is 24.5 Å². The van der Waals surface area contributed by atoms with Gasteiger partial charge in [0.05, 0.1) is 18.3 Å². The highest BCUT2D eigenvalue weighted by atomic mass is 16.7. The molecule has 0 atom stereocenters. The van der Waals surface area contributed by atoms with E-state index in [4.69, 9.17) is 18.8 Å². The van der Waals surface area contributed by atoms with Crippen LogP contribution in [0.2, 0.25) is 0 Å². The van der Waals surface area contributed by atoms with Gasteiger partial charge in [0.25, 0.3) is 0 Å². The van der Waals surface area contributed by atoms with Crippen LogP contribution in [0.3, 0.4) is 0 Å². The molecule has 1 aliphatic rings. The van der Waals surface area contributed by atoms with Gasteiger partial charge in [0.15, 0.2) is 0 Å². The van der Waals surface area contributed by atoms with Gasteiger partial charge in [-0.2, -0.15) is 0 Å². The van der Waals surface area contributed by atoms with Gasteiger partial charge < -0.3 is 18.8 Å². The minimum Gasteiger partial charge on any atom is -0.465 e. The SMILES string of the molecule is COC(=O)c1ccc(B2OC(C)(C)C(C)(C)O2)cc1OC(C)=O. The second-order valence-electron chi connectivity index (χ2n) is 6.43. The molecular formula is C16H21BO6. The van der Waals surface area contributed by atoms with E-state index in [0.717, 1.165) is 0 Å². The zero-order chi connectivity index (χ0) is 17.4. The van der Waals surface area contributed by atoms with Gasteiger partial charge >= 0.3 is 19.1 Å². The normalized spacial score (nSPS) is 18.6. The summed E-state index contributed by atoms with van der Waals surface area (Å²) in [7, 11) is 0.656. The first-order valence-electron chi connectivity index (χ1n) is 7.34. The lowest BCUT2D eigenvalue weighted by Gasteiger charge is -2.32. The molecule has 0 bridgehead atoms. The van der Waals surface area contributed by atoms with Crippen molar-refractivity contribution in [1.29, 1.82) is 0 Å². The average Bonchev–Trinajstić information content (AvgIpc) is 2.66. The number of hydrogen-bond acceptors (Lipinski definition) is 6. The molecule has 1 fully saturated rings. The summed E-state index contributed by atoms with van der Waals surface area (Å²) < 4.78 is 21.7. The lowest BCUT2D eigenvalue weighted by Crippen LogP contribution is -2.41. The molecule has 0 N–H and O–H groups in total. The molecule has 6 nitrogen and oxygen atoms in total. The zero-order valence-electron chi connectivity index (χ0n) is 14.3. The zero-order valence-corrected chi connectivity index (χ0v) is 14.3. The Bertz CT molecular complexity index is 621. The van der Waals surface area contributed by atoms with Gasteiger partial charge in [-0.1, -0.05) is 6.07 Å². The van der Waals surface area contributed by atoms with Gasteiger partial charge in [0.1, 0.15) is 11.3 Å². The Morgan fingerprint density at radius 2 is 1.65 bits per heavy atom. The summed E-state index contributed by atoms with van der Waals surface area (Å²) >= 11 is 0. The predicted molar refractivity (Wildman–Crippen MR) is 84.8 cm³/mol. The molecular weight excluding hydrogens is 299 g/mol. The van der Waals surface area contributed by atoms with Gasteiger partial charge in [-0.3, -0.25) is 4.79 Å². The maximum atomic E-state index is 11.8. The molecule has 0 spiro atoms. The van der Waals surface area contributed by atoms with Gasteiger partial charge in [-0.25, -0.2) is 4.79 Å². The fraction of sp³-hybridized carbons (Fsp3) is 0.500. The molecule has 0 aromatic heterocycles. The maximum Gasteiger partial charge on any atom is 0.494 e.